The molecule has 1 N–H and O–H groups in total. The van der Waals surface area contributed by atoms with E-state index >= 15 is 0 Å². The van der Waals surface area contributed by atoms with Gasteiger partial charge in [-0.15, -0.1) is 0 Å². The van der Waals surface area contributed by atoms with Crippen LogP contribution in [0.15, 0.2) is 48.5 Å². The maximum atomic E-state index is 12.2. The van der Waals surface area contributed by atoms with E-state index < -0.39 is 18.0 Å². The summed E-state index contributed by atoms with van der Waals surface area (Å²) in [5, 5.41) is 2.55. The first-order chi connectivity index (χ1) is 11.5. The zero-order valence-electron chi connectivity index (χ0n) is 13.2. The number of rotatable bonds is 4. The van der Waals surface area contributed by atoms with E-state index in [4.69, 9.17) is 4.74 Å². The Morgan fingerprint density at radius 3 is 2.58 bits per heavy atom. The fraction of sp³-hybridized carbons (Fsp3) is 0.211. The maximum Gasteiger partial charge on any atom is 0.339 e. The number of aryl methyl sites for hydroxylation is 1. The van der Waals surface area contributed by atoms with Crippen molar-refractivity contribution >= 4 is 17.7 Å². The highest BCUT2D eigenvalue weighted by atomic mass is 16.5. The number of esters is 1. The first kappa shape index (κ1) is 15.9. The number of hydrogen-bond donors (Lipinski definition) is 1. The molecule has 122 valence electrons. The first-order valence-electron chi connectivity index (χ1n) is 7.71. The maximum absolute atomic E-state index is 12.2. The van der Waals surface area contributed by atoms with Crippen LogP contribution in [-0.2, 0) is 16.0 Å². The van der Waals surface area contributed by atoms with E-state index in [1.165, 1.54) is 0 Å². The van der Waals surface area contributed by atoms with Crippen molar-refractivity contribution in [2.45, 2.75) is 19.4 Å². The number of amides is 1. The van der Waals surface area contributed by atoms with Crippen molar-refractivity contribution in [3.05, 3.63) is 70.8 Å². The third-order valence-electron chi connectivity index (χ3n) is 3.98. The molecule has 0 aliphatic carbocycles. The molecule has 5 nitrogen and oxygen atoms in total. The van der Waals surface area contributed by atoms with Gasteiger partial charge in [-0.25, -0.2) is 4.79 Å². The summed E-state index contributed by atoms with van der Waals surface area (Å²) < 4.78 is 5.17. The number of cyclic esters (lactones) is 1. The highest BCUT2D eigenvalue weighted by Crippen LogP contribution is 2.20. The van der Waals surface area contributed by atoms with Gasteiger partial charge in [0.15, 0.2) is 11.9 Å². The Labute approximate surface area is 139 Å². The molecule has 1 aliphatic heterocycles. The molecule has 0 aromatic heterocycles. The van der Waals surface area contributed by atoms with Crippen molar-refractivity contribution in [3.8, 4) is 0 Å². The molecule has 1 heterocycles. The number of fused-ring (bicyclic) bond motifs is 1. The second-order valence-electron chi connectivity index (χ2n) is 5.76. The molecule has 0 fully saturated rings. The molecular weight excluding hydrogens is 306 g/mol. The van der Waals surface area contributed by atoms with Crippen LogP contribution in [0.4, 0.5) is 0 Å². The molecule has 0 saturated carbocycles. The smallest absolute Gasteiger partial charge is 0.339 e. The highest BCUT2D eigenvalue weighted by Gasteiger charge is 2.31. The zero-order valence-corrected chi connectivity index (χ0v) is 13.2. The lowest BCUT2D eigenvalue weighted by Gasteiger charge is -2.23. The Morgan fingerprint density at radius 2 is 1.83 bits per heavy atom. The van der Waals surface area contributed by atoms with Gasteiger partial charge in [-0.2, -0.15) is 0 Å². The molecule has 0 bridgehead atoms. The number of Topliss-reactive ketones (excluding diaryl/α,β-unsaturated/α-hetero) is 1. The van der Waals surface area contributed by atoms with Gasteiger partial charge in [0.25, 0.3) is 5.91 Å². The van der Waals surface area contributed by atoms with Crippen molar-refractivity contribution in [1.29, 1.82) is 0 Å². The van der Waals surface area contributed by atoms with Crippen LogP contribution in [0.3, 0.4) is 0 Å². The number of hydrogen-bond acceptors (Lipinski definition) is 4. The predicted octanol–water partition coefficient (Wildman–Crippen LogP) is 2.08. The summed E-state index contributed by atoms with van der Waals surface area (Å²) in [6.07, 6.45) is -0.592. The molecule has 1 atom stereocenters. The number of nitrogens with one attached hydrogen (secondary N) is 1. The second-order valence-corrected chi connectivity index (χ2v) is 5.76. The molecule has 3 rings (SSSR count). The summed E-state index contributed by atoms with van der Waals surface area (Å²) in [6.45, 7) is 1.81. The van der Waals surface area contributed by atoms with Gasteiger partial charge < -0.3 is 10.1 Å². The Balaban J connectivity index is 1.61. The van der Waals surface area contributed by atoms with Gasteiger partial charge in [0, 0.05) is 12.0 Å². The third-order valence-corrected chi connectivity index (χ3v) is 3.98. The fourth-order valence-corrected chi connectivity index (χ4v) is 2.60. The second kappa shape index (κ2) is 6.66. The van der Waals surface area contributed by atoms with Crippen molar-refractivity contribution in [2.24, 2.45) is 0 Å². The van der Waals surface area contributed by atoms with Gasteiger partial charge in [-0.1, -0.05) is 48.0 Å². The summed E-state index contributed by atoms with van der Waals surface area (Å²) >= 11 is 0. The van der Waals surface area contributed by atoms with E-state index in [1.54, 1.807) is 30.3 Å². The Kier molecular flexibility index (Phi) is 4.42. The largest absolute Gasteiger partial charge is 0.448 e. The van der Waals surface area contributed by atoms with Crippen LogP contribution >= 0.6 is 0 Å². The molecule has 1 aliphatic rings. The number of ether oxygens (including phenoxy) is 1. The highest BCUT2D eigenvalue weighted by molar-refractivity contribution is 6.00. The molecule has 1 amide bonds. The Bertz CT molecular complexity index is 795. The Hall–Kier alpha value is -2.95. The van der Waals surface area contributed by atoms with Crippen LogP contribution in [0.5, 0.6) is 0 Å². The van der Waals surface area contributed by atoms with E-state index in [-0.39, 0.29) is 12.3 Å². The minimum Gasteiger partial charge on any atom is -0.448 e. The average Bonchev–Trinajstić information content (AvgIpc) is 2.60. The molecule has 24 heavy (non-hydrogen) atoms. The summed E-state index contributed by atoms with van der Waals surface area (Å²) in [5.41, 5.74) is 2.85. The van der Waals surface area contributed by atoms with Gasteiger partial charge in [-0.05, 0) is 18.6 Å². The van der Waals surface area contributed by atoms with Crippen LogP contribution in [0, 0.1) is 6.92 Å². The van der Waals surface area contributed by atoms with Crippen LogP contribution in [0.2, 0.25) is 0 Å². The van der Waals surface area contributed by atoms with Crippen LogP contribution in [0.1, 0.15) is 31.8 Å². The summed E-state index contributed by atoms with van der Waals surface area (Å²) in [6, 6.07) is 14.2. The van der Waals surface area contributed by atoms with E-state index in [2.05, 4.69) is 5.32 Å². The van der Waals surface area contributed by atoms with Gasteiger partial charge in [0.05, 0.1) is 12.1 Å². The molecule has 0 saturated heterocycles. The van der Waals surface area contributed by atoms with E-state index in [1.807, 2.05) is 25.1 Å². The summed E-state index contributed by atoms with van der Waals surface area (Å²) in [7, 11) is 0. The first-order valence-corrected chi connectivity index (χ1v) is 7.71. The van der Waals surface area contributed by atoms with Gasteiger partial charge in [0.1, 0.15) is 0 Å². The molecule has 0 spiro atoms. The van der Waals surface area contributed by atoms with Crippen LogP contribution < -0.4 is 5.32 Å². The van der Waals surface area contributed by atoms with E-state index in [0.29, 0.717) is 17.5 Å². The topological polar surface area (TPSA) is 72.5 Å². The van der Waals surface area contributed by atoms with Crippen molar-refractivity contribution < 1.29 is 19.1 Å². The zero-order chi connectivity index (χ0) is 17.1. The van der Waals surface area contributed by atoms with Crippen molar-refractivity contribution in [1.82, 2.24) is 5.32 Å². The lowest BCUT2D eigenvalue weighted by molar-refractivity contribution is -0.130. The lowest BCUT2D eigenvalue weighted by atomic mass is 9.98. The number of carbonyl (C=O) groups excluding carboxylic acids is 3. The number of benzene rings is 2. The molecule has 5 heteroatoms. The SMILES string of the molecule is Cc1ccc(C(=O)CNC(=O)[C@H]2Cc3ccccc3C(=O)O2)cc1. The summed E-state index contributed by atoms with van der Waals surface area (Å²) in [5.74, 6) is -1.16. The quantitative estimate of drug-likeness (QED) is 0.691. The average molecular weight is 323 g/mol. The molecule has 0 radical (unpaired) electrons. The third kappa shape index (κ3) is 3.35. The van der Waals surface area contributed by atoms with Crippen molar-refractivity contribution in [3.63, 3.8) is 0 Å². The molecule has 2 aromatic carbocycles. The number of ketones is 1. The van der Waals surface area contributed by atoms with Crippen LogP contribution in [-0.4, -0.2) is 30.3 Å². The fourth-order valence-electron chi connectivity index (χ4n) is 2.60. The monoisotopic (exact) mass is 323 g/mol. The lowest BCUT2D eigenvalue weighted by Crippen LogP contribution is -2.43. The minimum absolute atomic E-state index is 0.127. The standard InChI is InChI=1S/C19H17NO4/c1-12-6-8-13(9-7-12)16(21)11-20-18(22)17-10-14-4-2-3-5-15(14)19(23)24-17/h2-9,17H,10-11H2,1H3,(H,20,22)/t17-/m1/s1. The van der Waals surface area contributed by atoms with E-state index in [0.717, 1.165) is 11.1 Å². The minimum atomic E-state index is -0.904. The van der Waals surface area contributed by atoms with E-state index in [9.17, 15) is 14.4 Å². The predicted molar refractivity (Wildman–Crippen MR) is 87.9 cm³/mol. The number of carbonyl (C=O) groups is 3. The summed E-state index contributed by atoms with van der Waals surface area (Å²) in [4.78, 5) is 36.2. The van der Waals surface area contributed by atoms with Crippen LogP contribution in [0.25, 0.3) is 0 Å². The van der Waals surface area contributed by atoms with Crippen molar-refractivity contribution in [2.75, 3.05) is 6.54 Å². The van der Waals surface area contributed by atoms with Gasteiger partial charge in [-0.3, -0.25) is 9.59 Å². The normalized spacial score (nSPS) is 16.0. The molecular formula is C19H17NO4. The van der Waals surface area contributed by atoms with Gasteiger partial charge >= 0.3 is 5.97 Å². The Morgan fingerprint density at radius 1 is 1.12 bits per heavy atom. The molecule has 0 unspecified atom stereocenters. The molecule has 2 aromatic rings. The van der Waals surface area contributed by atoms with Gasteiger partial charge in [0.2, 0.25) is 0 Å².